The Kier molecular flexibility index (Phi) is 5.63. The lowest BCUT2D eigenvalue weighted by Gasteiger charge is -2.14. The van der Waals surface area contributed by atoms with Gasteiger partial charge in [-0.3, -0.25) is 19.3 Å². The third kappa shape index (κ3) is 4.18. The minimum atomic E-state index is -0.731. The number of imide groups is 1. The van der Waals surface area contributed by atoms with Crippen LogP contribution in [0.15, 0.2) is 54.7 Å². The Morgan fingerprint density at radius 1 is 1.06 bits per heavy atom. The SMILES string of the molecule is CN(C)C(=O)c1ccc(NC(=O)CN2C(=O)NC(Cc3c[nH]c4ccccc34)C2=O)cc1. The molecule has 0 aliphatic carbocycles. The van der Waals surface area contributed by atoms with Crippen LogP contribution in [-0.2, 0) is 16.0 Å². The molecule has 3 aromatic rings. The van der Waals surface area contributed by atoms with Gasteiger partial charge in [0, 0.05) is 48.9 Å². The molecule has 4 rings (SSSR count). The van der Waals surface area contributed by atoms with Crippen LogP contribution in [0.5, 0.6) is 0 Å². The van der Waals surface area contributed by atoms with Crippen LogP contribution in [0, 0.1) is 0 Å². The van der Waals surface area contributed by atoms with E-state index in [-0.39, 0.29) is 5.91 Å². The number of carbonyl (C=O) groups excluding carboxylic acids is 4. The zero-order valence-electron chi connectivity index (χ0n) is 17.7. The number of carbonyl (C=O) groups is 4. The van der Waals surface area contributed by atoms with Crippen LogP contribution in [0.1, 0.15) is 15.9 Å². The Morgan fingerprint density at radius 2 is 1.78 bits per heavy atom. The van der Waals surface area contributed by atoms with Crippen molar-refractivity contribution in [2.24, 2.45) is 0 Å². The van der Waals surface area contributed by atoms with Crippen molar-refractivity contribution in [1.82, 2.24) is 20.1 Å². The minimum absolute atomic E-state index is 0.150. The van der Waals surface area contributed by atoms with Crippen molar-refractivity contribution in [3.8, 4) is 0 Å². The molecule has 0 bridgehead atoms. The molecular weight excluding hydrogens is 410 g/mol. The van der Waals surface area contributed by atoms with Crippen LogP contribution in [0.4, 0.5) is 10.5 Å². The number of aromatic amines is 1. The van der Waals surface area contributed by atoms with Gasteiger partial charge in [-0.15, -0.1) is 0 Å². The predicted octanol–water partition coefficient (Wildman–Crippen LogP) is 1.97. The molecule has 0 spiro atoms. The molecule has 1 saturated heterocycles. The summed E-state index contributed by atoms with van der Waals surface area (Å²) < 4.78 is 0. The van der Waals surface area contributed by atoms with E-state index in [0.29, 0.717) is 17.7 Å². The smallest absolute Gasteiger partial charge is 0.325 e. The summed E-state index contributed by atoms with van der Waals surface area (Å²) in [5, 5.41) is 6.29. The van der Waals surface area contributed by atoms with E-state index in [1.807, 2.05) is 30.5 Å². The van der Waals surface area contributed by atoms with Crippen molar-refractivity contribution in [3.63, 3.8) is 0 Å². The summed E-state index contributed by atoms with van der Waals surface area (Å²) in [6.07, 6.45) is 2.15. The standard InChI is InChI=1S/C23H23N5O4/c1-27(2)21(30)14-7-9-16(10-8-14)25-20(29)13-28-22(31)19(26-23(28)32)11-15-12-24-18-6-4-3-5-17(15)18/h3-10,12,19,24H,11,13H2,1-2H3,(H,25,29)(H,26,32). The van der Waals surface area contributed by atoms with Crippen molar-refractivity contribution in [2.45, 2.75) is 12.5 Å². The molecule has 2 aromatic carbocycles. The third-order valence-electron chi connectivity index (χ3n) is 5.33. The molecule has 9 nitrogen and oxygen atoms in total. The number of urea groups is 1. The number of benzene rings is 2. The Morgan fingerprint density at radius 3 is 2.50 bits per heavy atom. The van der Waals surface area contributed by atoms with Gasteiger partial charge in [0.1, 0.15) is 12.6 Å². The zero-order chi connectivity index (χ0) is 22.8. The second kappa shape index (κ2) is 8.54. The van der Waals surface area contributed by atoms with E-state index in [1.165, 1.54) is 4.90 Å². The summed E-state index contributed by atoms with van der Waals surface area (Å²) in [4.78, 5) is 55.0. The fourth-order valence-corrected chi connectivity index (χ4v) is 3.68. The average molecular weight is 433 g/mol. The van der Waals surface area contributed by atoms with Gasteiger partial charge in [0.15, 0.2) is 0 Å². The number of aromatic nitrogens is 1. The van der Waals surface area contributed by atoms with E-state index in [4.69, 9.17) is 0 Å². The van der Waals surface area contributed by atoms with Crippen molar-refractivity contribution >= 4 is 40.3 Å². The van der Waals surface area contributed by atoms with Crippen LogP contribution < -0.4 is 10.6 Å². The number of fused-ring (bicyclic) bond motifs is 1. The molecule has 1 aliphatic heterocycles. The summed E-state index contributed by atoms with van der Waals surface area (Å²) in [5.41, 5.74) is 2.82. The van der Waals surface area contributed by atoms with Crippen molar-refractivity contribution in [3.05, 3.63) is 65.9 Å². The monoisotopic (exact) mass is 433 g/mol. The Hall–Kier alpha value is -4.14. The number of hydrogen-bond donors (Lipinski definition) is 3. The fraction of sp³-hybridized carbons (Fsp3) is 0.217. The molecular formula is C23H23N5O4. The van der Waals surface area contributed by atoms with Crippen LogP contribution in [0.3, 0.4) is 0 Å². The van der Waals surface area contributed by atoms with E-state index >= 15 is 0 Å². The van der Waals surface area contributed by atoms with Gasteiger partial charge in [-0.05, 0) is 35.9 Å². The van der Waals surface area contributed by atoms with Gasteiger partial charge >= 0.3 is 6.03 Å². The van der Waals surface area contributed by atoms with E-state index in [0.717, 1.165) is 21.4 Å². The average Bonchev–Trinajstić information content (AvgIpc) is 3.30. The normalized spacial score (nSPS) is 15.7. The van der Waals surface area contributed by atoms with Crippen LogP contribution in [0.2, 0.25) is 0 Å². The number of rotatable bonds is 6. The highest BCUT2D eigenvalue weighted by Crippen LogP contribution is 2.21. The molecule has 1 aromatic heterocycles. The molecule has 1 aliphatic rings. The third-order valence-corrected chi connectivity index (χ3v) is 5.33. The lowest BCUT2D eigenvalue weighted by atomic mass is 10.1. The number of nitrogens with zero attached hydrogens (tertiary/aromatic N) is 2. The zero-order valence-corrected chi connectivity index (χ0v) is 17.7. The maximum atomic E-state index is 12.8. The topological polar surface area (TPSA) is 115 Å². The molecule has 164 valence electrons. The van der Waals surface area contributed by atoms with E-state index in [1.54, 1.807) is 38.4 Å². The van der Waals surface area contributed by atoms with Crippen LogP contribution in [0.25, 0.3) is 10.9 Å². The second-order valence-corrected chi connectivity index (χ2v) is 7.82. The fourth-order valence-electron chi connectivity index (χ4n) is 3.68. The number of anilines is 1. The number of nitrogens with one attached hydrogen (secondary N) is 3. The summed E-state index contributed by atoms with van der Waals surface area (Å²) in [7, 11) is 3.31. The van der Waals surface area contributed by atoms with E-state index < -0.39 is 30.4 Å². The Balaban J connectivity index is 1.38. The van der Waals surface area contributed by atoms with E-state index in [9.17, 15) is 19.2 Å². The van der Waals surface area contributed by atoms with Gasteiger partial charge in [0.25, 0.3) is 11.8 Å². The largest absolute Gasteiger partial charge is 0.361 e. The first kappa shape index (κ1) is 21.1. The van der Waals surface area contributed by atoms with Crippen LogP contribution >= 0.6 is 0 Å². The predicted molar refractivity (Wildman–Crippen MR) is 119 cm³/mol. The lowest BCUT2D eigenvalue weighted by molar-refractivity contribution is -0.130. The number of hydrogen-bond acceptors (Lipinski definition) is 4. The molecule has 1 fully saturated rings. The lowest BCUT2D eigenvalue weighted by Crippen LogP contribution is -2.38. The van der Waals surface area contributed by atoms with Gasteiger partial charge in [-0.1, -0.05) is 18.2 Å². The van der Waals surface area contributed by atoms with E-state index in [2.05, 4.69) is 15.6 Å². The summed E-state index contributed by atoms with van der Waals surface area (Å²) >= 11 is 0. The Bertz CT molecular complexity index is 1200. The molecule has 2 heterocycles. The van der Waals surface area contributed by atoms with Crippen molar-refractivity contribution in [2.75, 3.05) is 26.0 Å². The van der Waals surface area contributed by atoms with Gasteiger partial charge in [0.05, 0.1) is 0 Å². The second-order valence-electron chi connectivity index (χ2n) is 7.82. The van der Waals surface area contributed by atoms with Gasteiger partial charge in [-0.2, -0.15) is 0 Å². The molecule has 1 unspecified atom stereocenters. The molecule has 5 amide bonds. The molecule has 0 saturated carbocycles. The number of amides is 5. The quantitative estimate of drug-likeness (QED) is 0.516. The van der Waals surface area contributed by atoms with Crippen LogP contribution in [-0.4, -0.2) is 65.2 Å². The molecule has 9 heteroatoms. The number of para-hydroxylation sites is 1. The molecule has 0 radical (unpaired) electrons. The van der Waals surface area contributed by atoms with Gasteiger partial charge in [-0.25, -0.2) is 4.79 Å². The summed E-state index contributed by atoms with van der Waals surface area (Å²) in [5.74, 6) is -1.10. The highest BCUT2D eigenvalue weighted by Gasteiger charge is 2.39. The Labute approximate surface area is 184 Å². The van der Waals surface area contributed by atoms with Crippen molar-refractivity contribution < 1.29 is 19.2 Å². The van der Waals surface area contributed by atoms with Gasteiger partial charge < -0.3 is 20.5 Å². The first-order valence-electron chi connectivity index (χ1n) is 10.1. The maximum absolute atomic E-state index is 12.8. The highest BCUT2D eigenvalue weighted by molar-refractivity contribution is 6.08. The maximum Gasteiger partial charge on any atom is 0.325 e. The molecule has 3 N–H and O–H groups in total. The first-order chi connectivity index (χ1) is 15.3. The molecule has 32 heavy (non-hydrogen) atoms. The van der Waals surface area contributed by atoms with Crippen molar-refractivity contribution in [1.29, 1.82) is 0 Å². The highest BCUT2D eigenvalue weighted by atomic mass is 16.2. The minimum Gasteiger partial charge on any atom is -0.361 e. The van der Waals surface area contributed by atoms with Gasteiger partial charge in [0.2, 0.25) is 5.91 Å². The molecule has 1 atom stereocenters. The number of H-pyrrole nitrogens is 1. The summed E-state index contributed by atoms with van der Waals surface area (Å²) in [6, 6.07) is 12.8. The first-order valence-corrected chi connectivity index (χ1v) is 10.1. The summed E-state index contributed by atoms with van der Waals surface area (Å²) in [6.45, 7) is -0.395.